The molecule has 1 amide bonds. The quantitative estimate of drug-likeness (QED) is 0.708. The van der Waals surface area contributed by atoms with E-state index in [2.05, 4.69) is 15.5 Å². The first-order chi connectivity index (χ1) is 6.66. The van der Waals surface area contributed by atoms with Crippen LogP contribution in [0, 0.1) is 0 Å². The Labute approximate surface area is 80.9 Å². The number of carbonyl (C=O) groups is 1. The molecule has 1 aliphatic carbocycles. The number of aromatic nitrogens is 2. The molecular weight excluding hydrogens is 184 g/mol. The zero-order valence-corrected chi connectivity index (χ0v) is 7.86. The number of hydrogen-bond acceptors (Lipinski definition) is 5. The molecule has 0 saturated heterocycles. The molecule has 3 N–H and O–H groups in total. The molecule has 1 aliphatic rings. The van der Waals surface area contributed by atoms with Crippen LogP contribution >= 0.6 is 0 Å². The Morgan fingerprint density at radius 3 is 2.93 bits per heavy atom. The number of amides is 1. The number of nitrogens with one attached hydrogen (secondary N) is 1. The molecular formula is C8H12N4O2. The minimum Gasteiger partial charge on any atom is -0.346 e. The maximum absolute atomic E-state index is 11.4. The van der Waals surface area contributed by atoms with Gasteiger partial charge >= 0.3 is 0 Å². The summed E-state index contributed by atoms with van der Waals surface area (Å²) in [6, 6.07) is -0.0512. The summed E-state index contributed by atoms with van der Waals surface area (Å²) in [5.74, 6) is 0.0540. The molecule has 6 nitrogen and oxygen atoms in total. The van der Waals surface area contributed by atoms with E-state index >= 15 is 0 Å². The van der Waals surface area contributed by atoms with E-state index < -0.39 is 0 Å². The molecule has 0 aliphatic heterocycles. The molecule has 1 aromatic rings. The van der Waals surface area contributed by atoms with E-state index in [0.717, 1.165) is 12.8 Å². The van der Waals surface area contributed by atoms with Crippen LogP contribution in [0.15, 0.2) is 4.52 Å². The van der Waals surface area contributed by atoms with Crippen LogP contribution < -0.4 is 11.1 Å². The molecule has 6 heteroatoms. The number of nitrogens with zero attached hydrogens (tertiary/aromatic N) is 2. The summed E-state index contributed by atoms with van der Waals surface area (Å²) in [7, 11) is 0. The summed E-state index contributed by atoms with van der Waals surface area (Å²) in [5, 5.41) is 6.30. The highest BCUT2D eigenvalue weighted by atomic mass is 16.5. The smallest absolute Gasteiger partial charge is 0.292 e. The first-order valence-electron chi connectivity index (χ1n) is 4.57. The fourth-order valence-corrected chi connectivity index (χ4v) is 0.990. The van der Waals surface area contributed by atoms with Crippen molar-refractivity contribution in [2.75, 3.05) is 0 Å². The van der Waals surface area contributed by atoms with Gasteiger partial charge in [0.25, 0.3) is 11.7 Å². The van der Waals surface area contributed by atoms with Gasteiger partial charge in [-0.3, -0.25) is 4.79 Å². The lowest BCUT2D eigenvalue weighted by Crippen LogP contribution is -2.26. The van der Waals surface area contributed by atoms with Crippen molar-refractivity contribution in [3.05, 3.63) is 11.7 Å². The monoisotopic (exact) mass is 196 g/mol. The maximum atomic E-state index is 11.4. The van der Waals surface area contributed by atoms with Crippen LogP contribution in [0.3, 0.4) is 0 Å². The largest absolute Gasteiger partial charge is 0.346 e. The van der Waals surface area contributed by atoms with Crippen LogP contribution in [0.2, 0.25) is 0 Å². The normalized spacial score (nSPS) is 17.9. The van der Waals surface area contributed by atoms with Crippen molar-refractivity contribution in [2.24, 2.45) is 5.73 Å². The second kappa shape index (κ2) is 3.38. The van der Waals surface area contributed by atoms with Crippen molar-refractivity contribution in [1.29, 1.82) is 0 Å². The zero-order chi connectivity index (χ0) is 10.1. The standard InChI is InChI=1S/C8H12N4O2/c1-4(9)8-11-6(12-14-8)7(13)10-5-2-3-5/h4-5H,2-3,9H2,1H3,(H,10,13)/t4-/m0/s1. The molecule has 0 unspecified atom stereocenters. The Morgan fingerprint density at radius 1 is 1.71 bits per heavy atom. The highest BCUT2D eigenvalue weighted by Gasteiger charge is 2.26. The third kappa shape index (κ3) is 1.90. The predicted molar refractivity (Wildman–Crippen MR) is 47.4 cm³/mol. The van der Waals surface area contributed by atoms with E-state index in [1.807, 2.05) is 0 Å². The summed E-state index contributed by atoms with van der Waals surface area (Å²) in [6.45, 7) is 1.72. The summed E-state index contributed by atoms with van der Waals surface area (Å²) < 4.78 is 4.80. The van der Waals surface area contributed by atoms with Crippen LogP contribution in [0.1, 0.15) is 42.3 Å². The molecule has 0 radical (unpaired) electrons. The molecule has 1 aromatic heterocycles. The maximum Gasteiger partial charge on any atom is 0.292 e. The van der Waals surface area contributed by atoms with Gasteiger partial charge in [0.1, 0.15) is 0 Å². The lowest BCUT2D eigenvalue weighted by molar-refractivity contribution is 0.0937. The lowest BCUT2D eigenvalue weighted by atomic mass is 10.4. The van der Waals surface area contributed by atoms with Crippen LogP contribution in [-0.2, 0) is 0 Å². The number of rotatable bonds is 3. The first-order valence-corrected chi connectivity index (χ1v) is 4.57. The Hall–Kier alpha value is -1.43. The van der Waals surface area contributed by atoms with E-state index in [0.29, 0.717) is 6.04 Å². The Bertz CT molecular complexity index is 343. The Balaban J connectivity index is 2.03. The van der Waals surface area contributed by atoms with E-state index in [4.69, 9.17) is 10.3 Å². The first kappa shape index (κ1) is 9.14. The van der Waals surface area contributed by atoms with Gasteiger partial charge in [0.05, 0.1) is 6.04 Å². The Morgan fingerprint density at radius 2 is 2.43 bits per heavy atom. The van der Waals surface area contributed by atoms with Gasteiger partial charge < -0.3 is 15.6 Å². The lowest BCUT2D eigenvalue weighted by Gasteiger charge is -1.96. The van der Waals surface area contributed by atoms with Gasteiger partial charge in [-0.15, -0.1) is 0 Å². The van der Waals surface area contributed by atoms with Gasteiger partial charge in [-0.05, 0) is 19.8 Å². The van der Waals surface area contributed by atoms with Crippen molar-refractivity contribution in [3.8, 4) is 0 Å². The number of carbonyl (C=O) groups excluding carboxylic acids is 1. The van der Waals surface area contributed by atoms with Crippen molar-refractivity contribution in [2.45, 2.75) is 31.8 Å². The van der Waals surface area contributed by atoms with Crippen LogP contribution in [0.25, 0.3) is 0 Å². The second-order valence-electron chi connectivity index (χ2n) is 3.49. The van der Waals surface area contributed by atoms with E-state index in [1.54, 1.807) is 6.92 Å². The predicted octanol–water partition coefficient (Wildman–Crippen LogP) is -0.0185. The molecule has 76 valence electrons. The second-order valence-corrected chi connectivity index (χ2v) is 3.49. The molecule has 2 rings (SSSR count). The average molecular weight is 196 g/mol. The molecule has 0 bridgehead atoms. The summed E-state index contributed by atoms with van der Waals surface area (Å²) in [4.78, 5) is 15.3. The number of nitrogens with two attached hydrogens (primary N) is 1. The summed E-state index contributed by atoms with van der Waals surface area (Å²) >= 11 is 0. The minimum absolute atomic E-state index is 0.0594. The van der Waals surface area contributed by atoms with E-state index in [9.17, 15) is 4.79 Å². The van der Waals surface area contributed by atoms with Crippen LogP contribution in [0.5, 0.6) is 0 Å². The highest BCUT2D eigenvalue weighted by molar-refractivity contribution is 5.90. The Kier molecular flexibility index (Phi) is 2.20. The third-order valence-electron chi connectivity index (χ3n) is 1.95. The number of hydrogen-bond donors (Lipinski definition) is 2. The molecule has 1 heterocycles. The zero-order valence-electron chi connectivity index (χ0n) is 7.86. The SMILES string of the molecule is C[C@H](N)c1nc(C(=O)NC2CC2)no1. The van der Waals surface area contributed by atoms with E-state index in [-0.39, 0.29) is 23.7 Å². The highest BCUT2D eigenvalue weighted by Crippen LogP contribution is 2.19. The van der Waals surface area contributed by atoms with Crippen LogP contribution in [-0.4, -0.2) is 22.1 Å². The molecule has 1 atom stereocenters. The topological polar surface area (TPSA) is 94.0 Å². The van der Waals surface area contributed by atoms with Gasteiger partial charge in [-0.25, -0.2) is 0 Å². The van der Waals surface area contributed by atoms with Crippen molar-refractivity contribution in [3.63, 3.8) is 0 Å². The van der Waals surface area contributed by atoms with Crippen molar-refractivity contribution in [1.82, 2.24) is 15.5 Å². The van der Waals surface area contributed by atoms with E-state index in [1.165, 1.54) is 0 Å². The third-order valence-corrected chi connectivity index (χ3v) is 1.95. The van der Waals surface area contributed by atoms with Gasteiger partial charge in [-0.2, -0.15) is 4.98 Å². The van der Waals surface area contributed by atoms with Gasteiger partial charge in [0.2, 0.25) is 5.89 Å². The molecule has 0 spiro atoms. The molecule has 1 fully saturated rings. The van der Waals surface area contributed by atoms with Crippen LogP contribution in [0.4, 0.5) is 0 Å². The van der Waals surface area contributed by atoms with Gasteiger partial charge in [-0.1, -0.05) is 5.16 Å². The summed E-state index contributed by atoms with van der Waals surface area (Å²) in [5.41, 5.74) is 5.51. The van der Waals surface area contributed by atoms with Gasteiger partial charge in [0.15, 0.2) is 0 Å². The fourth-order valence-electron chi connectivity index (χ4n) is 0.990. The fraction of sp³-hybridized carbons (Fsp3) is 0.625. The van der Waals surface area contributed by atoms with Crippen molar-refractivity contribution >= 4 is 5.91 Å². The average Bonchev–Trinajstić information content (AvgIpc) is 2.81. The molecule has 14 heavy (non-hydrogen) atoms. The van der Waals surface area contributed by atoms with Gasteiger partial charge in [0, 0.05) is 6.04 Å². The summed E-state index contributed by atoms with van der Waals surface area (Å²) in [6.07, 6.45) is 2.06. The minimum atomic E-state index is -0.343. The molecule has 1 saturated carbocycles. The van der Waals surface area contributed by atoms with Crippen molar-refractivity contribution < 1.29 is 9.32 Å². The molecule has 0 aromatic carbocycles.